The summed E-state index contributed by atoms with van der Waals surface area (Å²) in [6.45, 7) is 1.65. The number of amides is 1. The van der Waals surface area contributed by atoms with E-state index in [0.29, 0.717) is 26.3 Å². The number of carboxylic acid groups (broad SMARTS) is 1. The van der Waals surface area contributed by atoms with Crippen LogP contribution in [-0.2, 0) is 14.3 Å². The van der Waals surface area contributed by atoms with Crippen molar-refractivity contribution in [3.05, 3.63) is 28.3 Å². The van der Waals surface area contributed by atoms with Gasteiger partial charge < -0.3 is 20.9 Å². The van der Waals surface area contributed by atoms with Crippen LogP contribution in [0, 0.1) is 10.1 Å². The Labute approximate surface area is 137 Å². The molecular formula is C14H18N4O6. The zero-order valence-electron chi connectivity index (χ0n) is 12.8. The zero-order chi connectivity index (χ0) is 17.7. The van der Waals surface area contributed by atoms with Crippen molar-refractivity contribution in [2.24, 2.45) is 0 Å². The van der Waals surface area contributed by atoms with Crippen molar-refractivity contribution in [3.8, 4) is 0 Å². The molecule has 1 aliphatic rings. The van der Waals surface area contributed by atoms with Gasteiger partial charge in [-0.05, 0) is 6.07 Å². The average Bonchev–Trinajstić information content (AvgIpc) is 2.55. The summed E-state index contributed by atoms with van der Waals surface area (Å²) < 4.78 is 5.17. The molecule has 1 aromatic carbocycles. The molecule has 1 saturated heterocycles. The Kier molecular flexibility index (Phi) is 5.66. The number of anilines is 2. The molecule has 1 atom stereocenters. The minimum atomic E-state index is -1.11. The normalized spacial score (nSPS) is 16.3. The number of ether oxygens (including phenoxy) is 1. The second-order valence-corrected chi connectivity index (χ2v) is 5.28. The van der Waals surface area contributed by atoms with Gasteiger partial charge in [0.15, 0.2) is 0 Å². The molecule has 0 aromatic heterocycles. The number of non-ortho nitro benzene ring substituents is 1. The monoisotopic (exact) mass is 338 g/mol. The number of hydrogen-bond donors (Lipinski definition) is 3. The topological polar surface area (TPSA) is 148 Å². The van der Waals surface area contributed by atoms with Crippen molar-refractivity contribution in [2.75, 3.05) is 37.4 Å². The number of nitrogens with two attached hydrogens (primary N) is 1. The Morgan fingerprint density at radius 2 is 2.08 bits per heavy atom. The highest BCUT2D eigenvalue weighted by atomic mass is 16.6. The maximum Gasteiger partial charge on any atom is 0.321 e. The fourth-order valence-corrected chi connectivity index (χ4v) is 2.40. The molecule has 1 unspecified atom stereocenters. The molecule has 10 nitrogen and oxygen atoms in total. The summed E-state index contributed by atoms with van der Waals surface area (Å²) in [4.78, 5) is 35.4. The van der Waals surface area contributed by atoms with Crippen LogP contribution in [-0.4, -0.2) is 59.2 Å². The lowest BCUT2D eigenvalue weighted by atomic mass is 10.1. The number of carbonyl (C=O) groups excluding carboxylic acids is 1. The molecule has 10 heteroatoms. The molecule has 1 fully saturated rings. The first-order valence-corrected chi connectivity index (χ1v) is 7.27. The van der Waals surface area contributed by atoms with E-state index in [0.717, 1.165) is 6.07 Å². The number of nitrogens with one attached hydrogen (secondary N) is 1. The van der Waals surface area contributed by atoms with Gasteiger partial charge in [-0.2, -0.15) is 0 Å². The van der Waals surface area contributed by atoms with E-state index in [9.17, 15) is 24.8 Å². The van der Waals surface area contributed by atoms with Crippen LogP contribution in [0.5, 0.6) is 0 Å². The quantitative estimate of drug-likeness (QED) is 0.381. The van der Waals surface area contributed by atoms with Crippen LogP contribution in [0.3, 0.4) is 0 Å². The number of benzene rings is 1. The Balaban J connectivity index is 2.06. The predicted octanol–water partition coefficient (Wildman–Crippen LogP) is 0.291. The van der Waals surface area contributed by atoms with Gasteiger partial charge in [-0.3, -0.25) is 24.6 Å². The first-order chi connectivity index (χ1) is 11.4. The van der Waals surface area contributed by atoms with Crippen molar-refractivity contribution in [1.82, 2.24) is 4.90 Å². The van der Waals surface area contributed by atoms with Crippen molar-refractivity contribution in [1.29, 1.82) is 0 Å². The molecule has 1 amide bonds. The first-order valence-electron chi connectivity index (χ1n) is 7.27. The predicted molar refractivity (Wildman–Crippen MR) is 84.6 cm³/mol. The first kappa shape index (κ1) is 17.6. The molecule has 0 saturated carbocycles. The third-order valence-electron chi connectivity index (χ3n) is 3.67. The fourth-order valence-electron chi connectivity index (χ4n) is 2.40. The van der Waals surface area contributed by atoms with E-state index >= 15 is 0 Å². The highest BCUT2D eigenvalue weighted by Crippen LogP contribution is 2.24. The van der Waals surface area contributed by atoms with Gasteiger partial charge in [-0.25, -0.2) is 0 Å². The molecule has 0 bridgehead atoms. The van der Waals surface area contributed by atoms with Gasteiger partial charge in [-0.1, -0.05) is 0 Å². The molecule has 1 aliphatic heterocycles. The Morgan fingerprint density at radius 3 is 2.67 bits per heavy atom. The second kappa shape index (κ2) is 7.70. The molecule has 130 valence electrons. The van der Waals surface area contributed by atoms with Crippen molar-refractivity contribution < 1.29 is 24.4 Å². The number of rotatable bonds is 6. The van der Waals surface area contributed by atoms with Crippen LogP contribution in [0.25, 0.3) is 0 Å². The molecule has 0 radical (unpaired) electrons. The van der Waals surface area contributed by atoms with Gasteiger partial charge in [0.1, 0.15) is 6.04 Å². The summed E-state index contributed by atoms with van der Waals surface area (Å²) in [6, 6.07) is 2.68. The van der Waals surface area contributed by atoms with Crippen molar-refractivity contribution >= 4 is 28.9 Å². The lowest BCUT2D eigenvalue weighted by Gasteiger charge is -2.31. The van der Waals surface area contributed by atoms with E-state index in [1.165, 1.54) is 12.1 Å². The lowest BCUT2D eigenvalue weighted by molar-refractivity contribution is -0.384. The summed E-state index contributed by atoms with van der Waals surface area (Å²) in [6.07, 6.45) is -0.294. The Morgan fingerprint density at radius 1 is 1.42 bits per heavy atom. The Hall–Kier alpha value is -2.72. The number of nitrogens with zero attached hydrogens (tertiary/aromatic N) is 2. The third kappa shape index (κ3) is 4.40. The van der Waals surface area contributed by atoms with E-state index < -0.39 is 22.8 Å². The van der Waals surface area contributed by atoms with Crippen LogP contribution in [0.1, 0.15) is 6.42 Å². The number of nitrogen functional groups attached to an aromatic ring is 1. The molecule has 0 spiro atoms. The molecule has 1 heterocycles. The Bertz CT molecular complexity index is 644. The number of hydrogen-bond acceptors (Lipinski definition) is 7. The number of carboxylic acids is 1. The van der Waals surface area contributed by atoms with Crippen LogP contribution < -0.4 is 11.1 Å². The van der Waals surface area contributed by atoms with Gasteiger partial charge in [0.25, 0.3) is 5.69 Å². The second-order valence-electron chi connectivity index (χ2n) is 5.28. The van der Waals surface area contributed by atoms with E-state index in [2.05, 4.69) is 5.32 Å². The van der Waals surface area contributed by atoms with Gasteiger partial charge >= 0.3 is 5.97 Å². The number of carbonyl (C=O) groups is 2. The summed E-state index contributed by atoms with van der Waals surface area (Å²) >= 11 is 0. The van der Waals surface area contributed by atoms with Crippen LogP contribution in [0.15, 0.2) is 18.2 Å². The van der Waals surface area contributed by atoms with Gasteiger partial charge in [0, 0.05) is 25.2 Å². The van der Waals surface area contributed by atoms with E-state index in [1.54, 1.807) is 4.90 Å². The largest absolute Gasteiger partial charge is 0.480 e. The molecule has 24 heavy (non-hydrogen) atoms. The number of aliphatic carboxylic acids is 1. The number of morpholine rings is 1. The van der Waals surface area contributed by atoms with Crippen molar-refractivity contribution in [2.45, 2.75) is 12.5 Å². The third-order valence-corrected chi connectivity index (χ3v) is 3.67. The summed E-state index contributed by atoms with van der Waals surface area (Å²) in [5.41, 5.74) is 5.71. The molecular weight excluding hydrogens is 320 g/mol. The van der Waals surface area contributed by atoms with Gasteiger partial charge in [-0.15, -0.1) is 0 Å². The van der Waals surface area contributed by atoms with Crippen LogP contribution in [0.2, 0.25) is 0 Å². The van der Waals surface area contributed by atoms with Gasteiger partial charge in [0.05, 0.1) is 35.9 Å². The maximum atomic E-state index is 12.1. The average molecular weight is 338 g/mol. The van der Waals surface area contributed by atoms with Gasteiger partial charge in [0.2, 0.25) is 5.91 Å². The lowest BCUT2D eigenvalue weighted by Crippen LogP contribution is -2.48. The zero-order valence-corrected chi connectivity index (χ0v) is 12.8. The smallest absolute Gasteiger partial charge is 0.321 e. The molecule has 2 rings (SSSR count). The molecule has 0 aliphatic carbocycles. The van der Waals surface area contributed by atoms with Crippen LogP contribution in [0.4, 0.5) is 17.1 Å². The SMILES string of the molecule is Nc1ccc([N+](=O)[O-])cc1NC(=O)CC(C(=O)O)N1CCOCC1. The summed E-state index contributed by atoms with van der Waals surface area (Å²) in [7, 11) is 0. The highest BCUT2D eigenvalue weighted by molar-refractivity contribution is 5.96. The fraction of sp³-hybridized carbons (Fsp3) is 0.429. The summed E-state index contributed by atoms with van der Waals surface area (Å²) in [5, 5.41) is 22.6. The summed E-state index contributed by atoms with van der Waals surface area (Å²) in [5.74, 6) is -1.69. The van der Waals surface area contributed by atoms with Crippen LogP contribution >= 0.6 is 0 Å². The van der Waals surface area contributed by atoms with E-state index in [1.807, 2.05) is 0 Å². The molecule has 1 aromatic rings. The van der Waals surface area contributed by atoms with E-state index in [4.69, 9.17) is 10.5 Å². The minimum Gasteiger partial charge on any atom is -0.480 e. The number of nitro benzene ring substituents is 1. The minimum absolute atomic E-state index is 0.0836. The van der Waals surface area contributed by atoms with Crippen molar-refractivity contribution in [3.63, 3.8) is 0 Å². The highest BCUT2D eigenvalue weighted by Gasteiger charge is 2.29. The maximum absolute atomic E-state index is 12.1. The number of nitro groups is 1. The standard InChI is InChI=1S/C14H18N4O6/c15-10-2-1-9(18(22)23)7-11(10)16-13(19)8-12(14(20)21)17-3-5-24-6-4-17/h1-2,7,12H,3-6,8,15H2,(H,16,19)(H,20,21). The van der Waals surface area contributed by atoms with E-state index in [-0.39, 0.29) is 23.5 Å². The molecule has 4 N–H and O–H groups in total.